The highest BCUT2D eigenvalue weighted by Crippen LogP contribution is 2.33. The summed E-state index contributed by atoms with van der Waals surface area (Å²) in [5, 5.41) is 0. The number of hydrogen-bond acceptors (Lipinski definition) is 5. The average molecular weight is 441 g/mol. The lowest BCUT2D eigenvalue weighted by Gasteiger charge is -2.46. The fourth-order valence-corrected chi connectivity index (χ4v) is 4.58. The molecular formula is C27H32N6. The molecule has 0 amide bonds. The monoisotopic (exact) mass is 440 g/mol. The van der Waals surface area contributed by atoms with Crippen molar-refractivity contribution in [3.63, 3.8) is 0 Å². The Balaban J connectivity index is 1.42. The molecule has 6 heteroatoms. The van der Waals surface area contributed by atoms with E-state index >= 15 is 0 Å². The van der Waals surface area contributed by atoms with E-state index in [1.807, 2.05) is 16.8 Å². The second kappa shape index (κ2) is 8.93. The van der Waals surface area contributed by atoms with E-state index in [9.17, 15) is 0 Å². The van der Waals surface area contributed by atoms with Crippen LogP contribution in [0.15, 0.2) is 55.0 Å². The van der Waals surface area contributed by atoms with Crippen LogP contribution in [0.3, 0.4) is 0 Å². The van der Waals surface area contributed by atoms with Gasteiger partial charge in [-0.1, -0.05) is 33.3 Å². The molecule has 0 bridgehead atoms. The van der Waals surface area contributed by atoms with E-state index in [0.717, 1.165) is 66.7 Å². The predicted molar refractivity (Wildman–Crippen MR) is 132 cm³/mol. The van der Waals surface area contributed by atoms with Gasteiger partial charge in [0, 0.05) is 55.6 Å². The number of fused-ring (bicyclic) bond motifs is 1. The first-order valence-electron chi connectivity index (χ1n) is 12.0. The second-order valence-corrected chi connectivity index (χ2v) is 9.96. The molecule has 0 atom stereocenters. The zero-order valence-electron chi connectivity index (χ0n) is 19.8. The minimum absolute atomic E-state index is 0.339. The van der Waals surface area contributed by atoms with E-state index < -0.39 is 0 Å². The van der Waals surface area contributed by atoms with Gasteiger partial charge >= 0.3 is 0 Å². The predicted octanol–water partition coefficient (Wildman–Crippen LogP) is 4.89. The fourth-order valence-electron chi connectivity index (χ4n) is 4.58. The largest absolute Gasteiger partial charge is 0.355 e. The van der Waals surface area contributed by atoms with Crippen molar-refractivity contribution in [1.82, 2.24) is 24.3 Å². The van der Waals surface area contributed by atoms with Gasteiger partial charge < -0.3 is 9.30 Å². The van der Waals surface area contributed by atoms with Crippen LogP contribution in [0.25, 0.3) is 5.65 Å². The third-order valence-electron chi connectivity index (χ3n) is 6.21. The molecule has 0 saturated carbocycles. The molecule has 5 heterocycles. The molecule has 4 aromatic rings. The van der Waals surface area contributed by atoms with E-state index in [1.165, 1.54) is 12.0 Å². The Labute approximate surface area is 195 Å². The van der Waals surface area contributed by atoms with Crippen LogP contribution < -0.4 is 4.90 Å². The maximum atomic E-state index is 4.96. The van der Waals surface area contributed by atoms with Crippen molar-refractivity contribution in [2.24, 2.45) is 5.41 Å². The molecular weight excluding hydrogens is 408 g/mol. The lowest BCUT2D eigenvalue weighted by molar-refractivity contribution is 0.274. The normalized spacial score (nSPS) is 15.1. The molecule has 6 nitrogen and oxygen atoms in total. The SMILES string of the molecule is CCCCc1cccc(Cc2nc(Cc3ccn4ccnc4c3)cc(N3CC(C)(C)C3)n2)n1. The van der Waals surface area contributed by atoms with Crippen molar-refractivity contribution in [3.05, 3.63) is 83.5 Å². The van der Waals surface area contributed by atoms with Crippen molar-refractivity contribution in [2.75, 3.05) is 18.0 Å². The third kappa shape index (κ3) is 5.05. The number of pyridine rings is 2. The summed E-state index contributed by atoms with van der Waals surface area (Å²) in [4.78, 5) is 21.6. The Kier molecular flexibility index (Phi) is 5.83. The number of rotatable bonds is 8. The van der Waals surface area contributed by atoms with Crippen molar-refractivity contribution in [1.29, 1.82) is 0 Å². The molecule has 0 aliphatic carbocycles. The summed E-state index contributed by atoms with van der Waals surface area (Å²) in [5.41, 5.74) is 5.73. The van der Waals surface area contributed by atoms with Gasteiger partial charge in [-0.3, -0.25) is 4.98 Å². The van der Waals surface area contributed by atoms with Gasteiger partial charge in [-0.15, -0.1) is 0 Å². The second-order valence-electron chi connectivity index (χ2n) is 9.96. The Morgan fingerprint density at radius 1 is 0.909 bits per heavy atom. The van der Waals surface area contributed by atoms with Gasteiger partial charge in [-0.05, 0) is 48.1 Å². The Hall–Kier alpha value is -3.28. The number of imidazole rings is 1. The minimum atomic E-state index is 0.339. The fraction of sp³-hybridized carbons (Fsp3) is 0.407. The van der Waals surface area contributed by atoms with Crippen LogP contribution in [0.5, 0.6) is 0 Å². The summed E-state index contributed by atoms with van der Waals surface area (Å²) in [5.74, 6) is 1.87. The number of nitrogens with zero attached hydrogens (tertiary/aromatic N) is 6. The standard InChI is InChI=1S/C27H32N6/c1-4-5-7-21-8-6-9-22(29-21)16-24-30-23(17-26(31-24)33-18-27(2,3)19-33)14-20-10-12-32-13-11-28-25(32)15-20/h6,8-13,15,17H,4-5,7,14,16,18-19H2,1-3H3. The first kappa shape index (κ1) is 21.6. The lowest BCUT2D eigenvalue weighted by Crippen LogP contribution is -2.53. The third-order valence-corrected chi connectivity index (χ3v) is 6.21. The molecule has 0 N–H and O–H groups in total. The van der Waals surface area contributed by atoms with Crippen molar-refractivity contribution in [2.45, 2.75) is 52.9 Å². The maximum absolute atomic E-state index is 4.96. The van der Waals surface area contributed by atoms with Crippen molar-refractivity contribution in [3.8, 4) is 0 Å². The van der Waals surface area contributed by atoms with Crippen molar-refractivity contribution < 1.29 is 0 Å². The quantitative estimate of drug-likeness (QED) is 0.390. The summed E-state index contributed by atoms with van der Waals surface area (Å²) in [6, 6.07) is 12.7. The van der Waals surface area contributed by atoms with E-state index in [2.05, 4.69) is 73.3 Å². The van der Waals surface area contributed by atoms with Gasteiger partial charge in [0.2, 0.25) is 0 Å². The van der Waals surface area contributed by atoms with Gasteiger partial charge in [0.25, 0.3) is 0 Å². The highest BCUT2D eigenvalue weighted by Gasteiger charge is 2.35. The number of hydrogen-bond donors (Lipinski definition) is 0. The summed E-state index contributed by atoms with van der Waals surface area (Å²) in [7, 11) is 0. The molecule has 1 saturated heterocycles. The Morgan fingerprint density at radius 3 is 2.58 bits per heavy atom. The summed E-state index contributed by atoms with van der Waals surface area (Å²) in [6.45, 7) is 8.86. The van der Waals surface area contributed by atoms with Crippen LogP contribution in [0, 0.1) is 5.41 Å². The van der Waals surface area contributed by atoms with E-state index in [1.54, 1.807) is 0 Å². The maximum Gasteiger partial charge on any atom is 0.136 e. The molecule has 170 valence electrons. The first-order chi connectivity index (χ1) is 16.0. The Morgan fingerprint density at radius 2 is 1.76 bits per heavy atom. The molecule has 0 aromatic carbocycles. The van der Waals surface area contributed by atoms with Gasteiger partial charge in [0.15, 0.2) is 0 Å². The van der Waals surface area contributed by atoms with Crippen molar-refractivity contribution >= 4 is 11.5 Å². The van der Waals surface area contributed by atoms with Gasteiger partial charge in [0.1, 0.15) is 17.3 Å². The number of aryl methyl sites for hydroxylation is 1. The molecule has 0 radical (unpaired) electrons. The molecule has 1 aliphatic rings. The number of unbranched alkanes of at least 4 members (excludes halogenated alkanes) is 1. The number of aromatic nitrogens is 5. The summed E-state index contributed by atoms with van der Waals surface area (Å²) in [6.07, 6.45) is 10.6. The van der Waals surface area contributed by atoms with Crippen LogP contribution >= 0.6 is 0 Å². The van der Waals surface area contributed by atoms with Crippen LogP contribution in [0.4, 0.5) is 5.82 Å². The highest BCUT2D eigenvalue weighted by molar-refractivity contribution is 5.46. The van der Waals surface area contributed by atoms with Gasteiger partial charge in [0.05, 0.1) is 12.1 Å². The van der Waals surface area contributed by atoms with E-state index in [4.69, 9.17) is 15.0 Å². The van der Waals surface area contributed by atoms with E-state index in [0.29, 0.717) is 11.8 Å². The minimum Gasteiger partial charge on any atom is -0.355 e. The van der Waals surface area contributed by atoms with Gasteiger partial charge in [-0.2, -0.15) is 0 Å². The van der Waals surface area contributed by atoms with Crippen LogP contribution in [0.1, 0.15) is 62.1 Å². The van der Waals surface area contributed by atoms with Crippen LogP contribution in [-0.2, 0) is 19.3 Å². The smallest absolute Gasteiger partial charge is 0.136 e. The zero-order valence-corrected chi connectivity index (χ0v) is 19.8. The highest BCUT2D eigenvalue weighted by atomic mass is 15.3. The zero-order chi connectivity index (χ0) is 22.8. The molecule has 5 rings (SSSR count). The van der Waals surface area contributed by atoms with Gasteiger partial charge in [-0.25, -0.2) is 15.0 Å². The molecule has 4 aromatic heterocycles. The van der Waals surface area contributed by atoms with Crippen LogP contribution in [0.2, 0.25) is 0 Å². The first-order valence-corrected chi connectivity index (χ1v) is 12.0. The number of anilines is 1. The summed E-state index contributed by atoms with van der Waals surface area (Å²) >= 11 is 0. The molecule has 33 heavy (non-hydrogen) atoms. The molecule has 1 aliphatic heterocycles. The molecule has 0 spiro atoms. The topological polar surface area (TPSA) is 59.2 Å². The summed E-state index contributed by atoms with van der Waals surface area (Å²) < 4.78 is 2.03. The molecule has 1 fully saturated rings. The molecule has 0 unspecified atom stereocenters. The Bertz CT molecular complexity index is 1250. The van der Waals surface area contributed by atoms with E-state index in [-0.39, 0.29) is 0 Å². The van der Waals surface area contributed by atoms with Crippen LogP contribution in [-0.4, -0.2) is 37.4 Å². The lowest BCUT2D eigenvalue weighted by atomic mass is 9.84. The average Bonchev–Trinajstić information content (AvgIpc) is 3.24.